The van der Waals surface area contributed by atoms with Crippen molar-refractivity contribution in [1.82, 2.24) is 0 Å². The molecule has 5 nitrogen and oxygen atoms in total. The normalized spacial score (nSPS) is 11.6. The Morgan fingerprint density at radius 1 is 1.22 bits per heavy atom. The molecule has 2 rings (SSSR count). The van der Waals surface area contributed by atoms with Crippen molar-refractivity contribution in [3.05, 3.63) is 53.3 Å². The van der Waals surface area contributed by atoms with Gasteiger partial charge in [-0.15, -0.1) is 11.8 Å². The molecule has 1 N–H and O–H groups in total. The number of amides is 1. The van der Waals surface area contributed by atoms with E-state index in [0.29, 0.717) is 6.61 Å². The van der Waals surface area contributed by atoms with Gasteiger partial charge in [0.05, 0.1) is 18.0 Å². The van der Waals surface area contributed by atoms with Gasteiger partial charge < -0.3 is 14.8 Å². The van der Waals surface area contributed by atoms with Crippen LogP contribution in [0, 0.1) is 5.82 Å². The zero-order chi connectivity index (χ0) is 19.8. The molecule has 1 amide bonds. The lowest BCUT2D eigenvalue weighted by molar-refractivity contribution is -0.150. The average molecular weight is 412 g/mol. The maximum Gasteiger partial charge on any atom is 0.317 e. The van der Waals surface area contributed by atoms with Crippen LogP contribution in [0.1, 0.15) is 13.8 Å². The van der Waals surface area contributed by atoms with E-state index in [1.54, 1.807) is 0 Å². The number of hydrogen-bond acceptors (Lipinski definition) is 5. The number of rotatable bonds is 8. The number of thioether (sulfide) groups is 1. The standard InChI is InChI=1S/C19H19ClFNO4S/c1-3-25-14-5-7-15(8-6-14)27-11-18(23)26-12(2)19(24)22-17-9-4-13(20)10-16(17)21/h4-10,12H,3,11H2,1-2H3,(H,22,24)/t12-/m1/s1. The first-order valence-electron chi connectivity index (χ1n) is 8.20. The van der Waals surface area contributed by atoms with E-state index in [-0.39, 0.29) is 16.5 Å². The maximum absolute atomic E-state index is 13.7. The van der Waals surface area contributed by atoms with Gasteiger partial charge in [-0.25, -0.2) is 4.39 Å². The number of carbonyl (C=O) groups is 2. The number of hydrogen-bond donors (Lipinski definition) is 1. The molecular weight excluding hydrogens is 393 g/mol. The number of anilines is 1. The van der Waals surface area contributed by atoms with Gasteiger partial charge in [0.2, 0.25) is 0 Å². The van der Waals surface area contributed by atoms with E-state index in [0.717, 1.165) is 16.7 Å². The van der Waals surface area contributed by atoms with Crippen LogP contribution in [0.25, 0.3) is 0 Å². The SMILES string of the molecule is CCOc1ccc(SCC(=O)O[C@H](C)C(=O)Nc2ccc(Cl)cc2F)cc1. The molecule has 1 atom stereocenters. The molecule has 2 aromatic rings. The Morgan fingerprint density at radius 3 is 2.56 bits per heavy atom. The fraction of sp³-hybridized carbons (Fsp3) is 0.263. The minimum Gasteiger partial charge on any atom is -0.494 e. The second-order valence-electron chi connectivity index (χ2n) is 5.44. The summed E-state index contributed by atoms with van der Waals surface area (Å²) in [6, 6.07) is 11.2. The second kappa shape index (κ2) is 10.2. The molecule has 0 aliphatic heterocycles. The summed E-state index contributed by atoms with van der Waals surface area (Å²) in [6.45, 7) is 3.90. The lowest BCUT2D eigenvalue weighted by Crippen LogP contribution is -2.30. The number of benzene rings is 2. The van der Waals surface area contributed by atoms with Crippen LogP contribution in [0.4, 0.5) is 10.1 Å². The number of ether oxygens (including phenoxy) is 2. The van der Waals surface area contributed by atoms with Crippen molar-refractivity contribution >= 4 is 40.9 Å². The zero-order valence-corrected chi connectivity index (χ0v) is 16.4. The van der Waals surface area contributed by atoms with Crippen molar-refractivity contribution in [2.45, 2.75) is 24.8 Å². The molecule has 0 aliphatic carbocycles. The molecule has 0 aliphatic rings. The molecule has 0 spiro atoms. The van der Waals surface area contributed by atoms with E-state index < -0.39 is 23.8 Å². The third-order valence-corrected chi connectivity index (χ3v) is 4.58. The van der Waals surface area contributed by atoms with Crippen LogP contribution in [0.2, 0.25) is 5.02 Å². The molecule has 0 bridgehead atoms. The highest BCUT2D eigenvalue weighted by Gasteiger charge is 2.19. The summed E-state index contributed by atoms with van der Waals surface area (Å²) in [5.74, 6) is -1.05. The van der Waals surface area contributed by atoms with E-state index in [2.05, 4.69) is 5.32 Å². The molecule has 144 valence electrons. The van der Waals surface area contributed by atoms with Crippen LogP contribution in [0.3, 0.4) is 0 Å². The molecule has 0 heterocycles. The van der Waals surface area contributed by atoms with Crippen LogP contribution in [0.15, 0.2) is 47.4 Å². The van der Waals surface area contributed by atoms with Crippen molar-refractivity contribution in [3.63, 3.8) is 0 Å². The summed E-state index contributed by atoms with van der Waals surface area (Å²) < 4.78 is 24.1. The summed E-state index contributed by atoms with van der Waals surface area (Å²) in [6.07, 6.45) is -1.06. The van der Waals surface area contributed by atoms with E-state index >= 15 is 0 Å². The van der Waals surface area contributed by atoms with Crippen LogP contribution >= 0.6 is 23.4 Å². The Labute approximate surface area is 166 Å². The minimum atomic E-state index is -1.06. The van der Waals surface area contributed by atoms with Gasteiger partial charge in [0.25, 0.3) is 5.91 Å². The Hall–Kier alpha value is -2.25. The van der Waals surface area contributed by atoms with Crippen LogP contribution in [-0.4, -0.2) is 30.3 Å². The number of carbonyl (C=O) groups excluding carboxylic acids is 2. The number of nitrogens with one attached hydrogen (secondary N) is 1. The summed E-state index contributed by atoms with van der Waals surface area (Å²) in [7, 11) is 0. The lowest BCUT2D eigenvalue weighted by Gasteiger charge is -2.14. The highest BCUT2D eigenvalue weighted by atomic mass is 35.5. The van der Waals surface area contributed by atoms with E-state index in [1.807, 2.05) is 31.2 Å². The maximum atomic E-state index is 13.7. The largest absolute Gasteiger partial charge is 0.494 e. The van der Waals surface area contributed by atoms with Gasteiger partial charge >= 0.3 is 5.97 Å². The topological polar surface area (TPSA) is 64.6 Å². The molecule has 0 unspecified atom stereocenters. The van der Waals surface area contributed by atoms with E-state index in [4.69, 9.17) is 21.1 Å². The highest BCUT2D eigenvalue weighted by Crippen LogP contribution is 2.22. The van der Waals surface area contributed by atoms with Crippen molar-refractivity contribution in [3.8, 4) is 5.75 Å². The van der Waals surface area contributed by atoms with Crippen molar-refractivity contribution in [2.24, 2.45) is 0 Å². The van der Waals surface area contributed by atoms with Crippen molar-refractivity contribution in [2.75, 3.05) is 17.7 Å². The van der Waals surface area contributed by atoms with Gasteiger partial charge in [-0.05, 0) is 56.3 Å². The minimum absolute atomic E-state index is 0.0314. The lowest BCUT2D eigenvalue weighted by atomic mass is 10.3. The van der Waals surface area contributed by atoms with Gasteiger partial charge in [-0.3, -0.25) is 9.59 Å². The summed E-state index contributed by atoms with van der Waals surface area (Å²) in [5.41, 5.74) is -0.0314. The van der Waals surface area contributed by atoms with Crippen LogP contribution < -0.4 is 10.1 Å². The number of halogens is 2. The van der Waals surface area contributed by atoms with E-state index in [1.165, 1.54) is 30.8 Å². The Bertz CT molecular complexity index is 801. The van der Waals surface area contributed by atoms with Crippen LogP contribution in [0.5, 0.6) is 5.75 Å². The third kappa shape index (κ3) is 6.77. The van der Waals surface area contributed by atoms with Gasteiger partial charge in [0, 0.05) is 9.92 Å². The quantitative estimate of drug-likeness (QED) is 0.510. The zero-order valence-electron chi connectivity index (χ0n) is 14.8. The van der Waals surface area contributed by atoms with Gasteiger partial charge in [-0.2, -0.15) is 0 Å². The third-order valence-electron chi connectivity index (χ3n) is 3.36. The highest BCUT2D eigenvalue weighted by molar-refractivity contribution is 8.00. The Balaban J connectivity index is 1.81. The Morgan fingerprint density at radius 2 is 1.93 bits per heavy atom. The second-order valence-corrected chi connectivity index (χ2v) is 6.92. The monoisotopic (exact) mass is 411 g/mol. The van der Waals surface area contributed by atoms with Gasteiger partial charge in [0.1, 0.15) is 11.6 Å². The number of esters is 1. The molecule has 8 heteroatoms. The molecular formula is C19H19ClFNO4S. The first-order valence-corrected chi connectivity index (χ1v) is 9.56. The predicted octanol–water partition coefficient (Wildman–Crippen LogP) is 4.54. The summed E-state index contributed by atoms with van der Waals surface area (Å²) in [4.78, 5) is 24.8. The van der Waals surface area contributed by atoms with Gasteiger partial charge in [0.15, 0.2) is 6.10 Å². The van der Waals surface area contributed by atoms with E-state index in [9.17, 15) is 14.0 Å². The molecule has 0 aromatic heterocycles. The average Bonchev–Trinajstić information content (AvgIpc) is 2.63. The Kier molecular flexibility index (Phi) is 7.94. The molecule has 27 heavy (non-hydrogen) atoms. The molecule has 0 radical (unpaired) electrons. The van der Waals surface area contributed by atoms with Crippen molar-refractivity contribution < 1.29 is 23.5 Å². The van der Waals surface area contributed by atoms with Crippen LogP contribution in [-0.2, 0) is 14.3 Å². The predicted molar refractivity (Wildman–Crippen MR) is 104 cm³/mol. The van der Waals surface area contributed by atoms with Gasteiger partial charge in [-0.1, -0.05) is 11.6 Å². The fourth-order valence-electron chi connectivity index (χ4n) is 2.05. The molecule has 2 aromatic carbocycles. The molecule has 0 fully saturated rings. The fourth-order valence-corrected chi connectivity index (χ4v) is 2.89. The first-order chi connectivity index (χ1) is 12.9. The summed E-state index contributed by atoms with van der Waals surface area (Å²) in [5, 5.41) is 2.58. The molecule has 0 saturated heterocycles. The molecule has 0 saturated carbocycles. The smallest absolute Gasteiger partial charge is 0.317 e. The van der Waals surface area contributed by atoms with Crippen molar-refractivity contribution in [1.29, 1.82) is 0 Å². The summed E-state index contributed by atoms with van der Waals surface area (Å²) >= 11 is 6.94. The first kappa shape index (κ1) is 21.1.